The molecule has 1 amide bonds. The number of amides is 1. The maximum atomic E-state index is 12.5. The number of hydrogen-bond acceptors (Lipinski definition) is 1. The molecule has 3 aromatic carbocycles. The predicted molar refractivity (Wildman–Crippen MR) is 88.1 cm³/mol. The molecule has 104 valence electrons. The van der Waals surface area contributed by atoms with E-state index in [2.05, 4.69) is 5.32 Å². The number of rotatable bonds is 2. The van der Waals surface area contributed by atoms with Crippen LogP contribution in [-0.2, 0) is 0 Å². The molecular weight excluding hydrogens is 282 g/mol. The standard InChI is InChI=1S/C18H14ClNO/c1-12-9-10-17(16(19)11-12)20-18(21)15-8-4-6-13-5-2-3-7-14(13)15/h2-11H,1H3,(H,20,21). The summed E-state index contributed by atoms with van der Waals surface area (Å²) in [6.07, 6.45) is 0. The number of carbonyl (C=O) groups is 1. The predicted octanol–water partition coefficient (Wildman–Crippen LogP) is 5.05. The molecule has 0 saturated heterocycles. The first-order valence-corrected chi connectivity index (χ1v) is 7.08. The van der Waals surface area contributed by atoms with Crippen LogP contribution in [0.5, 0.6) is 0 Å². The number of anilines is 1. The molecule has 0 aliphatic rings. The molecule has 0 atom stereocenters. The number of hydrogen-bond donors (Lipinski definition) is 1. The molecule has 2 nitrogen and oxygen atoms in total. The Bertz CT molecular complexity index is 821. The fraction of sp³-hybridized carbons (Fsp3) is 0.0556. The highest BCUT2D eigenvalue weighted by Crippen LogP contribution is 2.25. The second-order valence-corrected chi connectivity index (χ2v) is 5.37. The van der Waals surface area contributed by atoms with Gasteiger partial charge in [-0.2, -0.15) is 0 Å². The third kappa shape index (κ3) is 2.76. The average Bonchev–Trinajstić information content (AvgIpc) is 2.49. The monoisotopic (exact) mass is 295 g/mol. The zero-order valence-corrected chi connectivity index (χ0v) is 12.3. The summed E-state index contributed by atoms with van der Waals surface area (Å²) in [7, 11) is 0. The van der Waals surface area contributed by atoms with Crippen molar-refractivity contribution >= 4 is 34.0 Å². The maximum Gasteiger partial charge on any atom is 0.256 e. The lowest BCUT2D eigenvalue weighted by Gasteiger charge is -2.10. The van der Waals surface area contributed by atoms with Crippen LogP contribution in [0.4, 0.5) is 5.69 Å². The van der Waals surface area contributed by atoms with Gasteiger partial charge in [0.25, 0.3) is 5.91 Å². The summed E-state index contributed by atoms with van der Waals surface area (Å²) in [5.74, 6) is -0.155. The van der Waals surface area contributed by atoms with E-state index in [1.165, 1.54) is 0 Å². The number of carbonyl (C=O) groups excluding carboxylic acids is 1. The molecule has 0 heterocycles. The maximum absolute atomic E-state index is 12.5. The third-order valence-electron chi connectivity index (χ3n) is 3.41. The summed E-state index contributed by atoms with van der Waals surface area (Å²) in [5, 5.41) is 5.39. The van der Waals surface area contributed by atoms with Gasteiger partial charge in [-0.15, -0.1) is 0 Å². The molecule has 0 aromatic heterocycles. The van der Waals surface area contributed by atoms with Gasteiger partial charge in [0.15, 0.2) is 0 Å². The second-order valence-electron chi connectivity index (χ2n) is 4.96. The third-order valence-corrected chi connectivity index (χ3v) is 3.72. The summed E-state index contributed by atoms with van der Waals surface area (Å²) < 4.78 is 0. The van der Waals surface area contributed by atoms with Crippen LogP contribution in [0.1, 0.15) is 15.9 Å². The van der Waals surface area contributed by atoms with Crippen molar-refractivity contribution in [2.24, 2.45) is 0 Å². The van der Waals surface area contributed by atoms with Crippen molar-refractivity contribution < 1.29 is 4.79 Å². The molecule has 0 fully saturated rings. The Kier molecular flexibility index (Phi) is 3.63. The van der Waals surface area contributed by atoms with Crippen molar-refractivity contribution in [1.29, 1.82) is 0 Å². The molecule has 21 heavy (non-hydrogen) atoms. The van der Waals surface area contributed by atoms with Gasteiger partial charge in [0.05, 0.1) is 10.7 Å². The molecule has 0 unspecified atom stereocenters. The van der Waals surface area contributed by atoms with Crippen molar-refractivity contribution in [3.05, 3.63) is 76.8 Å². The Labute approximate surface area is 128 Å². The molecule has 3 heteroatoms. The largest absolute Gasteiger partial charge is 0.321 e. The van der Waals surface area contributed by atoms with Gasteiger partial charge < -0.3 is 5.32 Å². The van der Waals surface area contributed by atoms with E-state index in [9.17, 15) is 4.79 Å². The summed E-state index contributed by atoms with van der Waals surface area (Å²) in [6, 6.07) is 19.1. The summed E-state index contributed by atoms with van der Waals surface area (Å²) in [6.45, 7) is 1.96. The van der Waals surface area contributed by atoms with Gasteiger partial charge in [-0.3, -0.25) is 4.79 Å². The van der Waals surface area contributed by atoms with Gasteiger partial charge in [0.1, 0.15) is 0 Å². The van der Waals surface area contributed by atoms with Crippen LogP contribution in [0.25, 0.3) is 10.8 Å². The molecule has 0 aliphatic heterocycles. The van der Waals surface area contributed by atoms with Crippen molar-refractivity contribution in [1.82, 2.24) is 0 Å². The molecule has 0 bridgehead atoms. The van der Waals surface area contributed by atoms with Crippen LogP contribution < -0.4 is 5.32 Å². The van der Waals surface area contributed by atoms with E-state index >= 15 is 0 Å². The highest BCUT2D eigenvalue weighted by atomic mass is 35.5. The normalized spacial score (nSPS) is 10.6. The average molecular weight is 296 g/mol. The van der Waals surface area contributed by atoms with Gasteiger partial charge in [-0.25, -0.2) is 0 Å². The van der Waals surface area contributed by atoms with Crippen LogP contribution in [0.3, 0.4) is 0 Å². The second kappa shape index (κ2) is 5.58. The number of halogens is 1. The Morgan fingerprint density at radius 3 is 2.57 bits per heavy atom. The first-order chi connectivity index (χ1) is 10.1. The van der Waals surface area contributed by atoms with Crippen molar-refractivity contribution in [2.75, 3.05) is 5.32 Å². The fourth-order valence-corrected chi connectivity index (χ4v) is 2.62. The first-order valence-electron chi connectivity index (χ1n) is 6.70. The molecule has 0 spiro atoms. The van der Waals surface area contributed by atoms with E-state index in [0.29, 0.717) is 16.3 Å². The smallest absolute Gasteiger partial charge is 0.256 e. The minimum Gasteiger partial charge on any atom is -0.321 e. The van der Waals surface area contributed by atoms with Gasteiger partial charge >= 0.3 is 0 Å². The zero-order chi connectivity index (χ0) is 14.8. The van der Waals surface area contributed by atoms with Crippen LogP contribution in [0, 0.1) is 6.92 Å². The number of nitrogens with one attached hydrogen (secondary N) is 1. The van der Waals surface area contributed by atoms with E-state index in [1.54, 1.807) is 0 Å². The topological polar surface area (TPSA) is 29.1 Å². The Balaban J connectivity index is 1.97. The Morgan fingerprint density at radius 1 is 1.00 bits per heavy atom. The molecular formula is C18H14ClNO. The van der Waals surface area contributed by atoms with Gasteiger partial charge in [0.2, 0.25) is 0 Å². The molecule has 0 aliphatic carbocycles. The fourth-order valence-electron chi connectivity index (χ4n) is 2.33. The van der Waals surface area contributed by atoms with Gasteiger partial charge in [-0.05, 0) is 41.5 Å². The van der Waals surface area contributed by atoms with Crippen molar-refractivity contribution in [3.8, 4) is 0 Å². The Morgan fingerprint density at radius 2 is 1.76 bits per heavy atom. The minimum atomic E-state index is -0.155. The zero-order valence-electron chi connectivity index (χ0n) is 11.6. The van der Waals surface area contributed by atoms with E-state index in [4.69, 9.17) is 11.6 Å². The lowest BCUT2D eigenvalue weighted by atomic mass is 10.0. The van der Waals surface area contributed by atoms with Crippen LogP contribution >= 0.6 is 11.6 Å². The minimum absolute atomic E-state index is 0.155. The van der Waals surface area contributed by atoms with E-state index in [1.807, 2.05) is 67.6 Å². The number of aryl methyl sites for hydroxylation is 1. The summed E-state index contributed by atoms with van der Waals surface area (Å²) in [5.41, 5.74) is 2.33. The van der Waals surface area contributed by atoms with Crippen LogP contribution in [0.15, 0.2) is 60.7 Å². The van der Waals surface area contributed by atoms with Crippen LogP contribution in [0.2, 0.25) is 5.02 Å². The van der Waals surface area contributed by atoms with Gasteiger partial charge in [-0.1, -0.05) is 54.1 Å². The van der Waals surface area contributed by atoms with E-state index < -0.39 is 0 Å². The number of fused-ring (bicyclic) bond motifs is 1. The molecule has 3 rings (SSSR count). The Hall–Kier alpha value is -2.32. The summed E-state index contributed by atoms with van der Waals surface area (Å²) in [4.78, 5) is 12.5. The van der Waals surface area contributed by atoms with Gasteiger partial charge in [0, 0.05) is 5.56 Å². The SMILES string of the molecule is Cc1ccc(NC(=O)c2cccc3ccccc23)c(Cl)c1. The lowest BCUT2D eigenvalue weighted by molar-refractivity contribution is 0.102. The molecule has 3 aromatic rings. The van der Waals surface area contributed by atoms with Crippen molar-refractivity contribution in [2.45, 2.75) is 6.92 Å². The van der Waals surface area contributed by atoms with E-state index in [-0.39, 0.29) is 5.91 Å². The van der Waals surface area contributed by atoms with Crippen LogP contribution in [-0.4, -0.2) is 5.91 Å². The van der Waals surface area contributed by atoms with E-state index in [0.717, 1.165) is 16.3 Å². The van der Waals surface area contributed by atoms with Crippen molar-refractivity contribution in [3.63, 3.8) is 0 Å². The molecule has 0 radical (unpaired) electrons. The molecule has 1 N–H and O–H groups in total. The quantitative estimate of drug-likeness (QED) is 0.704. The first kappa shape index (κ1) is 13.7. The highest BCUT2D eigenvalue weighted by Gasteiger charge is 2.11. The lowest BCUT2D eigenvalue weighted by Crippen LogP contribution is -2.12. The molecule has 0 saturated carbocycles. The summed E-state index contributed by atoms with van der Waals surface area (Å²) >= 11 is 6.16. The number of benzene rings is 3. The highest BCUT2D eigenvalue weighted by molar-refractivity contribution is 6.34.